The lowest BCUT2D eigenvalue weighted by Crippen LogP contribution is -2.07. The van der Waals surface area contributed by atoms with Crippen LogP contribution in [-0.2, 0) is 12.4 Å². The quantitative estimate of drug-likeness (QED) is 0.801. The van der Waals surface area contributed by atoms with Crippen LogP contribution in [0.1, 0.15) is 11.4 Å². The molecule has 1 aromatic heterocycles. The van der Waals surface area contributed by atoms with E-state index >= 15 is 0 Å². The smallest absolute Gasteiger partial charge is 0.166 e. The SMILES string of the molecule is COc1cccc(Cl)c1Cn1nnnc1CCl. The Kier molecular flexibility index (Phi) is 3.81. The van der Waals surface area contributed by atoms with Crippen LogP contribution in [0.15, 0.2) is 18.2 Å². The molecule has 0 bridgehead atoms. The summed E-state index contributed by atoms with van der Waals surface area (Å²) >= 11 is 11.9. The number of halogens is 2. The normalized spacial score (nSPS) is 10.5. The first-order valence-electron chi connectivity index (χ1n) is 4.88. The van der Waals surface area contributed by atoms with E-state index in [9.17, 15) is 0 Å². The molecule has 0 atom stereocenters. The highest BCUT2D eigenvalue weighted by Crippen LogP contribution is 2.27. The van der Waals surface area contributed by atoms with Gasteiger partial charge in [0.05, 0.1) is 19.5 Å². The first kappa shape index (κ1) is 12.1. The van der Waals surface area contributed by atoms with E-state index in [1.54, 1.807) is 17.9 Å². The van der Waals surface area contributed by atoms with Crippen molar-refractivity contribution in [2.75, 3.05) is 7.11 Å². The van der Waals surface area contributed by atoms with Gasteiger partial charge in [-0.15, -0.1) is 16.7 Å². The average Bonchev–Trinajstić information content (AvgIpc) is 2.79. The molecule has 0 saturated carbocycles. The van der Waals surface area contributed by atoms with E-state index in [1.165, 1.54) is 0 Å². The van der Waals surface area contributed by atoms with Crippen LogP contribution in [0, 0.1) is 0 Å². The fourth-order valence-electron chi connectivity index (χ4n) is 1.48. The number of rotatable bonds is 4. The van der Waals surface area contributed by atoms with Gasteiger partial charge in [-0.1, -0.05) is 17.7 Å². The van der Waals surface area contributed by atoms with Crippen molar-refractivity contribution in [1.82, 2.24) is 20.2 Å². The monoisotopic (exact) mass is 272 g/mol. The van der Waals surface area contributed by atoms with E-state index < -0.39 is 0 Å². The van der Waals surface area contributed by atoms with Crippen molar-refractivity contribution in [3.8, 4) is 5.75 Å². The predicted octanol–water partition coefficient (Wildman–Crippen LogP) is 2.12. The van der Waals surface area contributed by atoms with Gasteiger partial charge >= 0.3 is 0 Å². The Morgan fingerprint density at radius 2 is 2.24 bits per heavy atom. The molecule has 7 heteroatoms. The fraction of sp³-hybridized carbons (Fsp3) is 0.300. The molecular formula is C10H10Cl2N4O. The molecule has 0 N–H and O–H groups in total. The summed E-state index contributed by atoms with van der Waals surface area (Å²) in [5.74, 6) is 1.54. The summed E-state index contributed by atoms with van der Waals surface area (Å²) in [5, 5.41) is 11.8. The molecule has 17 heavy (non-hydrogen) atoms. The highest BCUT2D eigenvalue weighted by atomic mass is 35.5. The Labute approximate surface area is 108 Å². The molecule has 0 amide bonds. The third-order valence-electron chi connectivity index (χ3n) is 2.33. The standard InChI is InChI=1S/C10H10Cl2N4O/c1-17-9-4-2-3-8(12)7(9)6-16-10(5-11)13-14-15-16/h2-4H,5-6H2,1H3. The Balaban J connectivity index is 2.35. The number of benzene rings is 1. The van der Waals surface area contributed by atoms with E-state index in [2.05, 4.69) is 15.5 Å². The van der Waals surface area contributed by atoms with Gasteiger partial charge < -0.3 is 4.74 Å². The molecule has 1 aromatic carbocycles. The Bertz CT molecular complexity index is 515. The molecule has 2 aromatic rings. The summed E-state index contributed by atoms with van der Waals surface area (Å²) in [6.07, 6.45) is 0. The van der Waals surface area contributed by atoms with Crippen LogP contribution in [0.25, 0.3) is 0 Å². The molecule has 0 aliphatic carbocycles. The van der Waals surface area contributed by atoms with Gasteiger partial charge in [0.2, 0.25) is 0 Å². The van der Waals surface area contributed by atoms with Gasteiger partial charge in [0.15, 0.2) is 5.82 Å². The number of tetrazole rings is 1. The molecule has 0 aliphatic rings. The minimum absolute atomic E-state index is 0.250. The van der Waals surface area contributed by atoms with Crippen molar-refractivity contribution < 1.29 is 4.74 Å². The number of hydrogen-bond acceptors (Lipinski definition) is 4. The molecule has 5 nitrogen and oxygen atoms in total. The second-order valence-electron chi connectivity index (χ2n) is 3.31. The van der Waals surface area contributed by atoms with Gasteiger partial charge in [-0.25, -0.2) is 4.68 Å². The van der Waals surface area contributed by atoms with Gasteiger partial charge in [0, 0.05) is 10.6 Å². The second-order valence-corrected chi connectivity index (χ2v) is 3.98. The summed E-state index contributed by atoms with van der Waals surface area (Å²) in [4.78, 5) is 0. The minimum Gasteiger partial charge on any atom is -0.496 e. The van der Waals surface area contributed by atoms with Crippen LogP contribution >= 0.6 is 23.2 Å². The van der Waals surface area contributed by atoms with Gasteiger partial charge in [-0.3, -0.25) is 0 Å². The largest absolute Gasteiger partial charge is 0.496 e. The van der Waals surface area contributed by atoms with Crippen molar-refractivity contribution in [3.63, 3.8) is 0 Å². The van der Waals surface area contributed by atoms with Crippen molar-refractivity contribution >= 4 is 23.2 Å². The van der Waals surface area contributed by atoms with Gasteiger partial charge in [-0.2, -0.15) is 0 Å². The number of methoxy groups -OCH3 is 1. The van der Waals surface area contributed by atoms with Gasteiger partial charge in [0.1, 0.15) is 5.75 Å². The molecule has 0 saturated heterocycles. The first-order valence-corrected chi connectivity index (χ1v) is 5.80. The van der Waals surface area contributed by atoms with E-state index in [0.717, 1.165) is 5.56 Å². The molecule has 0 radical (unpaired) electrons. The first-order chi connectivity index (χ1) is 8.26. The lowest BCUT2D eigenvalue weighted by atomic mass is 10.2. The highest BCUT2D eigenvalue weighted by molar-refractivity contribution is 6.31. The molecule has 0 unspecified atom stereocenters. The van der Waals surface area contributed by atoms with Crippen LogP contribution in [0.4, 0.5) is 0 Å². The topological polar surface area (TPSA) is 52.8 Å². The average molecular weight is 273 g/mol. The fourth-order valence-corrected chi connectivity index (χ4v) is 1.89. The van der Waals surface area contributed by atoms with Crippen molar-refractivity contribution in [2.45, 2.75) is 12.4 Å². The molecule has 0 fully saturated rings. The van der Waals surface area contributed by atoms with E-state index in [-0.39, 0.29) is 5.88 Å². The molecule has 2 rings (SSSR count). The zero-order chi connectivity index (χ0) is 12.3. The lowest BCUT2D eigenvalue weighted by Gasteiger charge is -2.10. The number of ether oxygens (including phenoxy) is 1. The Morgan fingerprint density at radius 3 is 2.94 bits per heavy atom. The maximum absolute atomic E-state index is 6.13. The summed E-state index contributed by atoms with van der Waals surface area (Å²) in [6.45, 7) is 0.428. The number of hydrogen-bond donors (Lipinski definition) is 0. The number of nitrogens with zero attached hydrogens (tertiary/aromatic N) is 4. The zero-order valence-electron chi connectivity index (χ0n) is 9.10. The summed E-state index contributed by atoms with van der Waals surface area (Å²) in [6, 6.07) is 5.46. The van der Waals surface area contributed by atoms with Crippen LogP contribution in [0.3, 0.4) is 0 Å². The summed E-state index contributed by atoms with van der Waals surface area (Å²) in [7, 11) is 1.59. The molecule has 1 heterocycles. The maximum atomic E-state index is 6.13. The number of alkyl halides is 1. The zero-order valence-corrected chi connectivity index (χ0v) is 10.6. The third-order valence-corrected chi connectivity index (χ3v) is 2.92. The Hall–Kier alpha value is -1.33. The number of aromatic nitrogens is 4. The lowest BCUT2D eigenvalue weighted by molar-refractivity contribution is 0.407. The van der Waals surface area contributed by atoms with Gasteiger partial charge in [0.25, 0.3) is 0 Å². The van der Waals surface area contributed by atoms with Crippen molar-refractivity contribution in [2.24, 2.45) is 0 Å². The van der Waals surface area contributed by atoms with E-state index in [4.69, 9.17) is 27.9 Å². The van der Waals surface area contributed by atoms with Crippen molar-refractivity contribution in [1.29, 1.82) is 0 Å². The van der Waals surface area contributed by atoms with Crippen molar-refractivity contribution in [3.05, 3.63) is 34.6 Å². The predicted molar refractivity (Wildman–Crippen MR) is 64.5 cm³/mol. The minimum atomic E-state index is 0.250. The van der Waals surface area contributed by atoms with Crippen LogP contribution < -0.4 is 4.74 Å². The molecular weight excluding hydrogens is 263 g/mol. The highest BCUT2D eigenvalue weighted by Gasteiger charge is 2.12. The van der Waals surface area contributed by atoms with Crippen LogP contribution in [-0.4, -0.2) is 27.3 Å². The van der Waals surface area contributed by atoms with E-state index in [1.807, 2.05) is 12.1 Å². The summed E-state index contributed by atoms with van der Waals surface area (Å²) in [5.41, 5.74) is 0.829. The molecule has 0 aliphatic heterocycles. The van der Waals surface area contributed by atoms with Gasteiger partial charge in [-0.05, 0) is 22.6 Å². The molecule has 90 valence electrons. The third kappa shape index (κ3) is 2.50. The Morgan fingerprint density at radius 1 is 1.41 bits per heavy atom. The second kappa shape index (κ2) is 5.33. The van der Waals surface area contributed by atoms with Crippen LogP contribution in [0.2, 0.25) is 5.02 Å². The maximum Gasteiger partial charge on any atom is 0.166 e. The molecule has 0 spiro atoms. The van der Waals surface area contributed by atoms with E-state index in [0.29, 0.717) is 23.1 Å². The van der Waals surface area contributed by atoms with Crippen LogP contribution in [0.5, 0.6) is 5.75 Å². The summed E-state index contributed by atoms with van der Waals surface area (Å²) < 4.78 is 6.84.